The van der Waals surface area contributed by atoms with Gasteiger partial charge >= 0.3 is 0 Å². The molecule has 2 heterocycles. The van der Waals surface area contributed by atoms with Gasteiger partial charge < -0.3 is 19.2 Å². The van der Waals surface area contributed by atoms with Gasteiger partial charge in [-0.05, 0) is 6.07 Å². The van der Waals surface area contributed by atoms with E-state index in [0.717, 1.165) is 16.6 Å². The van der Waals surface area contributed by atoms with E-state index in [1.807, 2.05) is 18.2 Å². The molecule has 0 fully saturated rings. The fourth-order valence-corrected chi connectivity index (χ4v) is 2.20. The van der Waals surface area contributed by atoms with Gasteiger partial charge in [0.05, 0.1) is 44.1 Å². The summed E-state index contributed by atoms with van der Waals surface area (Å²) in [5.41, 5.74) is 2.50. The first kappa shape index (κ1) is 13.2. The zero-order valence-electron chi connectivity index (χ0n) is 12.0. The second-order valence-electron chi connectivity index (χ2n) is 4.39. The number of fused-ring (bicyclic) bond motifs is 1. The SMILES string of the molecule is COc1cc2nc(-c3ccncc3OC)[nH]c2cc1OC. The van der Waals surface area contributed by atoms with Crippen LogP contribution in [-0.4, -0.2) is 36.3 Å². The molecule has 0 saturated carbocycles. The molecule has 0 saturated heterocycles. The standard InChI is InChI=1S/C15H15N3O3/c1-19-12-6-10-11(7-13(12)20-2)18-15(17-10)9-4-5-16-8-14(9)21-3/h4-8H,1-3H3,(H,17,18). The van der Waals surface area contributed by atoms with Gasteiger partial charge in [-0.25, -0.2) is 4.98 Å². The van der Waals surface area contributed by atoms with Crippen LogP contribution in [0, 0.1) is 0 Å². The number of aromatic amines is 1. The topological polar surface area (TPSA) is 69.3 Å². The van der Waals surface area contributed by atoms with Crippen LogP contribution < -0.4 is 14.2 Å². The molecule has 0 spiro atoms. The number of ether oxygens (including phenoxy) is 3. The number of benzene rings is 1. The van der Waals surface area contributed by atoms with Crippen LogP contribution in [0.4, 0.5) is 0 Å². The molecule has 6 heteroatoms. The molecule has 108 valence electrons. The maximum Gasteiger partial charge on any atom is 0.163 e. The highest BCUT2D eigenvalue weighted by atomic mass is 16.5. The van der Waals surface area contributed by atoms with E-state index in [-0.39, 0.29) is 0 Å². The van der Waals surface area contributed by atoms with Crippen LogP contribution in [0.15, 0.2) is 30.6 Å². The van der Waals surface area contributed by atoms with E-state index in [1.54, 1.807) is 33.7 Å². The third-order valence-electron chi connectivity index (χ3n) is 3.25. The van der Waals surface area contributed by atoms with E-state index in [2.05, 4.69) is 15.0 Å². The molecule has 0 bridgehead atoms. The van der Waals surface area contributed by atoms with Gasteiger partial charge in [0.25, 0.3) is 0 Å². The number of H-pyrrole nitrogens is 1. The predicted molar refractivity (Wildman–Crippen MR) is 79.0 cm³/mol. The van der Waals surface area contributed by atoms with Crippen LogP contribution in [0.25, 0.3) is 22.4 Å². The van der Waals surface area contributed by atoms with Gasteiger partial charge in [-0.1, -0.05) is 0 Å². The summed E-state index contributed by atoms with van der Waals surface area (Å²) in [4.78, 5) is 11.9. The molecule has 2 aromatic heterocycles. The molecule has 0 radical (unpaired) electrons. The molecule has 0 atom stereocenters. The number of imidazole rings is 1. The molecule has 0 amide bonds. The van der Waals surface area contributed by atoms with Crippen molar-refractivity contribution in [3.63, 3.8) is 0 Å². The molecule has 0 unspecified atom stereocenters. The largest absolute Gasteiger partial charge is 0.494 e. The van der Waals surface area contributed by atoms with E-state index in [0.29, 0.717) is 23.1 Å². The maximum absolute atomic E-state index is 5.31. The van der Waals surface area contributed by atoms with Gasteiger partial charge in [-0.15, -0.1) is 0 Å². The summed E-state index contributed by atoms with van der Waals surface area (Å²) in [6, 6.07) is 5.55. The Morgan fingerprint density at radius 2 is 1.67 bits per heavy atom. The fourth-order valence-electron chi connectivity index (χ4n) is 2.20. The molecule has 3 aromatic rings. The lowest BCUT2D eigenvalue weighted by atomic mass is 10.2. The van der Waals surface area contributed by atoms with Crippen molar-refractivity contribution in [1.29, 1.82) is 0 Å². The fraction of sp³-hybridized carbons (Fsp3) is 0.200. The van der Waals surface area contributed by atoms with Gasteiger partial charge in [-0.3, -0.25) is 4.98 Å². The highest BCUT2D eigenvalue weighted by molar-refractivity contribution is 5.83. The van der Waals surface area contributed by atoms with Gasteiger partial charge in [0.2, 0.25) is 0 Å². The number of aromatic nitrogens is 3. The summed E-state index contributed by atoms with van der Waals surface area (Å²) >= 11 is 0. The Kier molecular flexibility index (Phi) is 3.35. The third-order valence-corrected chi connectivity index (χ3v) is 3.25. The van der Waals surface area contributed by atoms with Crippen molar-refractivity contribution in [3.8, 4) is 28.6 Å². The molecule has 3 rings (SSSR count). The number of nitrogens with one attached hydrogen (secondary N) is 1. The Morgan fingerprint density at radius 3 is 2.38 bits per heavy atom. The Balaban J connectivity index is 2.17. The van der Waals surface area contributed by atoms with Crippen LogP contribution in [0.2, 0.25) is 0 Å². The second-order valence-corrected chi connectivity index (χ2v) is 4.39. The highest BCUT2D eigenvalue weighted by Gasteiger charge is 2.13. The summed E-state index contributed by atoms with van der Waals surface area (Å²) in [7, 11) is 4.81. The molecule has 21 heavy (non-hydrogen) atoms. The van der Waals surface area contributed by atoms with E-state index in [1.165, 1.54) is 0 Å². The van der Waals surface area contributed by atoms with Crippen molar-refractivity contribution in [3.05, 3.63) is 30.6 Å². The minimum Gasteiger partial charge on any atom is -0.494 e. The first-order valence-corrected chi connectivity index (χ1v) is 6.37. The Bertz CT molecular complexity index is 742. The first-order valence-electron chi connectivity index (χ1n) is 6.37. The van der Waals surface area contributed by atoms with E-state index in [9.17, 15) is 0 Å². The average Bonchev–Trinajstić information content (AvgIpc) is 2.95. The Morgan fingerprint density at radius 1 is 0.952 bits per heavy atom. The van der Waals surface area contributed by atoms with Crippen molar-refractivity contribution in [2.24, 2.45) is 0 Å². The quantitative estimate of drug-likeness (QED) is 0.798. The van der Waals surface area contributed by atoms with E-state index >= 15 is 0 Å². The van der Waals surface area contributed by atoms with Gasteiger partial charge in [0.1, 0.15) is 11.6 Å². The number of methoxy groups -OCH3 is 3. The van der Waals surface area contributed by atoms with Crippen molar-refractivity contribution in [2.45, 2.75) is 0 Å². The number of hydrogen-bond donors (Lipinski definition) is 1. The summed E-state index contributed by atoms with van der Waals surface area (Å²) in [5, 5.41) is 0. The van der Waals surface area contributed by atoms with Crippen molar-refractivity contribution < 1.29 is 14.2 Å². The van der Waals surface area contributed by atoms with Crippen molar-refractivity contribution in [1.82, 2.24) is 15.0 Å². The normalized spacial score (nSPS) is 10.6. The molecule has 0 aliphatic heterocycles. The lowest BCUT2D eigenvalue weighted by Crippen LogP contribution is -1.89. The van der Waals surface area contributed by atoms with E-state index < -0.39 is 0 Å². The first-order chi connectivity index (χ1) is 10.3. The third kappa shape index (κ3) is 2.24. The Labute approximate surface area is 121 Å². The number of rotatable bonds is 4. The number of pyridine rings is 1. The second kappa shape index (κ2) is 5.32. The van der Waals surface area contributed by atoms with Gasteiger partial charge in [0, 0.05) is 18.3 Å². The molecule has 1 aromatic carbocycles. The van der Waals surface area contributed by atoms with Crippen molar-refractivity contribution in [2.75, 3.05) is 21.3 Å². The average molecular weight is 285 g/mol. The molecule has 0 aliphatic rings. The van der Waals surface area contributed by atoms with Crippen LogP contribution in [0.3, 0.4) is 0 Å². The molecular formula is C15H15N3O3. The number of nitrogens with zero attached hydrogens (tertiary/aromatic N) is 2. The monoisotopic (exact) mass is 285 g/mol. The van der Waals surface area contributed by atoms with Gasteiger partial charge in [0.15, 0.2) is 11.5 Å². The van der Waals surface area contributed by atoms with Crippen LogP contribution in [-0.2, 0) is 0 Å². The molecule has 0 aliphatic carbocycles. The van der Waals surface area contributed by atoms with Crippen LogP contribution in [0.5, 0.6) is 17.2 Å². The zero-order valence-corrected chi connectivity index (χ0v) is 12.0. The van der Waals surface area contributed by atoms with Crippen molar-refractivity contribution >= 4 is 11.0 Å². The summed E-state index contributed by atoms with van der Waals surface area (Å²) < 4.78 is 15.9. The lowest BCUT2D eigenvalue weighted by Gasteiger charge is -2.06. The van der Waals surface area contributed by atoms with E-state index in [4.69, 9.17) is 14.2 Å². The summed E-state index contributed by atoms with van der Waals surface area (Å²) in [6.07, 6.45) is 3.36. The number of hydrogen-bond acceptors (Lipinski definition) is 5. The predicted octanol–water partition coefficient (Wildman–Crippen LogP) is 2.65. The van der Waals surface area contributed by atoms with Gasteiger partial charge in [-0.2, -0.15) is 0 Å². The smallest absolute Gasteiger partial charge is 0.163 e. The maximum atomic E-state index is 5.31. The minimum absolute atomic E-state index is 0.643. The zero-order chi connectivity index (χ0) is 14.8. The molecule has 1 N–H and O–H groups in total. The highest BCUT2D eigenvalue weighted by Crippen LogP contribution is 2.34. The minimum atomic E-state index is 0.643. The van der Waals surface area contributed by atoms with Crippen LogP contribution in [0.1, 0.15) is 0 Å². The molecule has 6 nitrogen and oxygen atoms in total. The Hall–Kier alpha value is -2.76. The molecular weight excluding hydrogens is 270 g/mol. The summed E-state index contributed by atoms with van der Waals surface area (Å²) in [6.45, 7) is 0. The van der Waals surface area contributed by atoms with Crippen LogP contribution >= 0.6 is 0 Å². The summed E-state index contributed by atoms with van der Waals surface area (Å²) in [5.74, 6) is 2.67. The lowest BCUT2D eigenvalue weighted by molar-refractivity contribution is 0.356.